The van der Waals surface area contributed by atoms with E-state index in [2.05, 4.69) is 42.5 Å². The lowest BCUT2D eigenvalue weighted by molar-refractivity contribution is 0.583. The van der Waals surface area contributed by atoms with E-state index in [-0.39, 0.29) is 5.41 Å². The second-order valence-electron chi connectivity index (χ2n) is 5.44. The van der Waals surface area contributed by atoms with Crippen LogP contribution < -0.4 is 5.32 Å². The number of nitrogens with one attached hydrogen (secondary N) is 1. The number of aromatic nitrogens is 1. The molecule has 0 aliphatic heterocycles. The van der Waals surface area contributed by atoms with E-state index in [1.165, 1.54) is 0 Å². The zero-order valence-corrected chi connectivity index (χ0v) is 12.2. The van der Waals surface area contributed by atoms with E-state index in [4.69, 9.17) is 5.26 Å². The highest BCUT2D eigenvalue weighted by molar-refractivity contribution is 7.09. The van der Waals surface area contributed by atoms with E-state index in [1.54, 1.807) is 17.4 Å². The van der Waals surface area contributed by atoms with Crippen molar-refractivity contribution < 1.29 is 0 Å². The molecule has 19 heavy (non-hydrogen) atoms. The summed E-state index contributed by atoms with van der Waals surface area (Å²) in [7, 11) is 0. The molecule has 1 heterocycles. The van der Waals surface area contributed by atoms with Gasteiger partial charge in [0.05, 0.1) is 28.9 Å². The lowest BCUT2D eigenvalue weighted by atomic mass is 9.98. The first kappa shape index (κ1) is 13.6. The Morgan fingerprint density at radius 2 is 2.16 bits per heavy atom. The first-order valence-corrected chi connectivity index (χ1v) is 7.06. The van der Waals surface area contributed by atoms with Crippen LogP contribution in [0.15, 0.2) is 29.6 Å². The maximum Gasteiger partial charge on any atom is 0.0992 e. The topological polar surface area (TPSA) is 48.7 Å². The zero-order chi connectivity index (χ0) is 13.9. The number of rotatable bonds is 3. The van der Waals surface area contributed by atoms with Crippen molar-refractivity contribution in [1.29, 1.82) is 5.26 Å². The van der Waals surface area contributed by atoms with Crippen LogP contribution in [-0.4, -0.2) is 4.98 Å². The van der Waals surface area contributed by atoms with Crippen LogP contribution in [-0.2, 0) is 12.0 Å². The van der Waals surface area contributed by atoms with Gasteiger partial charge in [0.25, 0.3) is 0 Å². The molecule has 4 heteroatoms. The molecule has 0 spiro atoms. The first-order chi connectivity index (χ1) is 8.99. The van der Waals surface area contributed by atoms with Gasteiger partial charge in [-0.05, 0) is 18.2 Å². The smallest absolute Gasteiger partial charge is 0.0992 e. The Bertz CT molecular complexity index is 602. The van der Waals surface area contributed by atoms with Crippen LogP contribution in [0.25, 0.3) is 0 Å². The SMILES string of the molecule is CC(C)(C)c1nc(CNc2cccc(C#N)c2)cs1. The fourth-order valence-electron chi connectivity index (χ4n) is 1.62. The van der Waals surface area contributed by atoms with Gasteiger partial charge in [-0.25, -0.2) is 4.98 Å². The van der Waals surface area contributed by atoms with Crippen molar-refractivity contribution >= 4 is 17.0 Å². The minimum Gasteiger partial charge on any atom is -0.379 e. The predicted octanol–water partition coefficient (Wildman–Crippen LogP) is 3.92. The van der Waals surface area contributed by atoms with Crippen molar-refractivity contribution in [3.8, 4) is 6.07 Å². The zero-order valence-electron chi connectivity index (χ0n) is 11.4. The number of hydrogen-bond acceptors (Lipinski definition) is 4. The minimum atomic E-state index is 0.101. The van der Waals surface area contributed by atoms with Crippen molar-refractivity contribution in [1.82, 2.24) is 4.98 Å². The van der Waals surface area contributed by atoms with Gasteiger partial charge in [0.15, 0.2) is 0 Å². The normalized spacial score (nSPS) is 11.1. The Labute approximate surface area is 117 Å². The molecule has 0 atom stereocenters. The monoisotopic (exact) mass is 271 g/mol. The third-order valence-corrected chi connectivity index (χ3v) is 3.98. The predicted molar refractivity (Wildman–Crippen MR) is 79.3 cm³/mol. The maximum atomic E-state index is 8.85. The fourth-order valence-corrected chi connectivity index (χ4v) is 2.53. The summed E-state index contributed by atoms with van der Waals surface area (Å²) in [5, 5.41) is 15.4. The Hall–Kier alpha value is -1.86. The summed E-state index contributed by atoms with van der Waals surface area (Å²) in [6.07, 6.45) is 0. The van der Waals surface area contributed by atoms with E-state index in [0.717, 1.165) is 16.4 Å². The van der Waals surface area contributed by atoms with Gasteiger partial charge in [0, 0.05) is 16.5 Å². The molecule has 0 saturated carbocycles. The van der Waals surface area contributed by atoms with Gasteiger partial charge in [-0.3, -0.25) is 0 Å². The van der Waals surface area contributed by atoms with Crippen LogP contribution in [0.1, 0.15) is 37.0 Å². The highest BCUT2D eigenvalue weighted by Gasteiger charge is 2.17. The van der Waals surface area contributed by atoms with Crippen molar-refractivity contribution in [3.63, 3.8) is 0 Å². The molecule has 98 valence electrons. The molecule has 1 N–H and O–H groups in total. The number of thiazole rings is 1. The van der Waals surface area contributed by atoms with E-state index >= 15 is 0 Å². The molecule has 1 aromatic heterocycles. The molecule has 1 aromatic carbocycles. The third-order valence-electron chi connectivity index (χ3n) is 2.66. The lowest BCUT2D eigenvalue weighted by Gasteiger charge is -2.13. The maximum absolute atomic E-state index is 8.85. The number of nitriles is 1. The van der Waals surface area contributed by atoms with E-state index < -0.39 is 0 Å². The van der Waals surface area contributed by atoms with E-state index in [0.29, 0.717) is 12.1 Å². The number of hydrogen-bond donors (Lipinski definition) is 1. The van der Waals surface area contributed by atoms with Crippen LogP contribution in [0.2, 0.25) is 0 Å². The molecule has 0 radical (unpaired) electrons. The van der Waals surface area contributed by atoms with E-state index in [9.17, 15) is 0 Å². The second kappa shape index (κ2) is 5.41. The summed E-state index contributed by atoms with van der Waals surface area (Å²) in [5.41, 5.74) is 2.75. The minimum absolute atomic E-state index is 0.101. The summed E-state index contributed by atoms with van der Waals surface area (Å²) in [5.74, 6) is 0. The highest BCUT2D eigenvalue weighted by Crippen LogP contribution is 2.25. The molecule has 0 amide bonds. The van der Waals surface area contributed by atoms with Gasteiger partial charge in [-0.15, -0.1) is 11.3 Å². The third kappa shape index (κ3) is 3.55. The first-order valence-electron chi connectivity index (χ1n) is 6.18. The average molecular weight is 271 g/mol. The van der Waals surface area contributed by atoms with Crippen molar-refractivity contribution in [2.45, 2.75) is 32.7 Å². The van der Waals surface area contributed by atoms with Gasteiger partial charge in [0.2, 0.25) is 0 Å². The van der Waals surface area contributed by atoms with Crippen LogP contribution >= 0.6 is 11.3 Å². The fraction of sp³-hybridized carbons (Fsp3) is 0.333. The van der Waals surface area contributed by atoms with Crippen molar-refractivity contribution in [2.75, 3.05) is 5.32 Å². The summed E-state index contributed by atoms with van der Waals surface area (Å²) in [4.78, 5) is 4.63. The van der Waals surface area contributed by atoms with Crippen LogP contribution in [0, 0.1) is 11.3 Å². The highest BCUT2D eigenvalue weighted by atomic mass is 32.1. The molecule has 2 aromatic rings. The summed E-state index contributed by atoms with van der Waals surface area (Å²) in [6, 6.07) is 9.61. The molecule has 3 nitrogen and oxygen atoms in total. The second-order valence-corrected chi connectivity index (χ2v) is 6.30. The van der Waals surface area contributed by atoms with Gasteiger partial charge in [-0.1, -0.05) is 26.8 Å². The summed E-state index contributed by atoms with van der Waals surface area (Å²) in [6.45, 7) is 7.18. The van der Waals surface area contributed by atoms with Crippen LogP contribution in [0.5, 0.6) is 0 Å². The summed E-state index contributed by atoms with van der Waals surface area (Å²) >= 11 is 1.70. The van der Waals surface area contributed by atoms with Crippen molar-refractivity contribution in [3.05, 3.63) is 45.9 Å². The molecular formula is C15H17N3S. The Morgan fingerprint density at radius 1 is 1.37 bits per heavy atom. The van der Waals surface area contributed by atoms with Crippen LogP contribution in [0.3, 0.4) is 0 Å². The average Bonchev–Trinajstić information content (AvgIpc) is 2.85. The molecule has 0 aliphatic carbocycles. The van der Waals surface area contributed by atoms with Gasteiger partial charge in [-0.2, -0.15) is 5.26 Å². The van der Waals surface area contributed by atoms with E-state index in [1.807, 2.05) is 18.2 Å². The number of benzene rings is 1. The molecule has 0 bridgehead atoms. The number of anilines is 1. The number of nitrogens with zero attached hydrogens (tertiary/aromatic N) is 2. The van der Waals surface area contributed by atoms with Crippen molar-refractivity contribution in [2.24, 2.45) is 0 Å². The van der Waals surface area contributed by atoms with Crippen LogP contribution in [0.4, 0.5) is 5.69 Å². The summed E-state index contributed by atoms with van der Waals surface area (Å²) < 4.78 is 0. The molecular weight excluding hydrogens is 254 g/mol. The molecule has 0 saturated heterocycles. The standard InChI is InChI=1S/C15H17N3S/c1-15(2,3)14-18-13(10-19-14)9-17-12-6-4-5-11(7-12)8-16/h4-7,10,17H,9H2,1-3H3. The molecule has 0 fully saturated rings. The largest absolute Gasteiger partial charge is 0.379 e. The lowest BCUT2D eigenvalue weighted by Crippen LogP contribution is -2.11. The quantitative estimate of drug-likeness (QED) is 0.920. The Morgan fingerprint density at radius 3 is 2.79 bits per heavy atom. The Balaban J connectivity index is 2.03. The van der Waals surface area contributed by atoms with Gasteiger partial charge < -0.3 is 5.32 Å². The van der Waals surface area contributed by atoms with Gasteiger partial charge in [0.1, 0.15) is 0 Å². The Kier molecular flexibility index (Phi) is 3.87. The molecule has 2 rings (SSSR count). The molecule has 0 unspecified atom stereocenters. The molecule has 0 aliphatic rings. The van der Waals surface area contributed by atoms with Gasteiger partial charge >= 0.3 is 0 Å².